The zero-order valence-corrected chi connectivity index (χ0v) is 11.5. The minimum atomic E-state index is -0.0225. The van der Waals surface area contributed by atoms with Crippen LogP contribution in [-0.4, -0.2) is 30.2 Å². The summed E-state index contributed by atoms with van der Waals surface area (Å²) in [7, 11) is 2.03. The molecule has 0 amide bonds. The molecule has 0 saturated heterocycles. The van der Waals surface area contributed by atoms with Crippen LogP contribution in [0.2, 0.25) is 5.02 Å². The fraction of sp³-hybridized carbons (Fsp3) is 0.500. The Kier molecular flexibility index (Phi) is 5.46. The predicted octanol–water partition coefficient (Wildman–Crippen LogP) is 3.02. The van der Waals surface area contributed by atoms with Gasteiger partial charge in [0.2, 0.25) is 0 Å². The van der Waals surface area contributed by atoms with E-state index in [0.717, 1.165) is 17.0 Å². The van der Waals surface area contributed by atoms with E-state index >= 15 is 0 Å². The van der Waals surface area contributed by atoms with Gasteiger partial charge in [0.15, 0.2) is 0 Å². The Morgan fingerprint density at radius 2 is 2.19 bits per heavy atom. The molecule has 0 aliphatic carbocycles. The number of hydrogen-bond donors (Lipinski definition) is 1. The quantitative estimate of drug-likeness (QED) is 0.879. The first-order chi connectivity index (χ1) is 7.61. The average Bonchev–Trinajstić information content (AvgIpc) is 2.28. The highest BCUT2D eigenvalue weighted by Crippen LogP contribution is 2.28. The lowest BCUT2D eigenvalue weighted by atomic mass is 10.1. The molecular weight excluding hydrogens is 242 g/mol. The molecule has 1 N–H and O–H groups in total. The molecule has 0 bridgehead atoms. The monoisotopic (exact) mass is 259 g/mol. The van der Waals surface area contributed by atoms with Gasteiger partial charge < -0.3 is 10.0 Å². The zero-order valence-electron chi connectivity index (χ0n) is 9.90. The van der Waals surface area contributed by atoms with Crippen molar-refractivity contribution in [1.82, 2.24) is 0 Å². The van der Waals surface area contributed by atoms with E-state index in [4.69, 9.17) is 11.6 Å². The summed E-state index contributed by atoms with van der Waals surface area (Å²) in [5.41, 5.74) is 1.82. The summed E-state index contributed by atoms with van der Waals surface area (Å²) >= 11 is 7.88. The van der Waals surface area contributed by atoms with Crippen LogP contribution in [0.15, 0.2) is 18.2 Å². The highest BCUT2D eigenvalue weighted by atomic mass is 35.5. The maximum atomic E-state index is 9.34. The number of anilines is 1. The molecule has 1 aromatic carbocycles. The lowest BCUT2D eigenvalue weighted by Gasteiger charge is -2.28. The lowest BCUT2D eigenvalue weighted by Crippen LogP contribution is -2.31. The second kappa shape index (κ2) is 6.38. The second-order valence-electron chi connectivity index (χ2n) is 3.81. The number of thioether (sulfide) groups is 1. The van der Waals surface area contributed by atoms with Gasteiger partial charge in [-0.05, 0) is 25.3 Å². The minimum Gasteiger partial charge on any atom is -0.392 e. The molecule has 1 rings (SSSR count). The maximum Gasteiger partial charge on any atom is 0.0716 e. The molecule has 0 fully saturated rings. The molecule has 0 aliphatic rings. The fourth-order valence-electron chi connectivity index (χ4n) is 1.62. The summed E-state index contributed by atoms with van der Waals surface area (Å²) in [6.07, 6.45) is 2.09. The molecule has 0 aromatic heterocycles. The van der Waals surface area contributed by atoms with Crippen molar-refractivity contribution in [3.63, 3.8) is 0 Å². The predicted molar refractivity (Wildman–Crippen MR) is 73.6 cm³/mol. The second-order valence-corrected chi connectivity index (χ2v) is 5.13. The summed E-state index contributed by atoms with van der Waals surface area (Å²) in [4.78, 5) is 2.16. The number of aliphatic hydroxyl groups excluding tert-OH is 1. The van der Waals surface area contributed by atoms with Crippen molar-refractivity contribution < 1.29 is 5.11 Å². The Hall–Kier alpha value is -0.380. The first-order valence-corrected chi connectivity index (χ1v) is 6.99. The first kappa shape index (κ1) is 13.7. The van der Waals surface area contributed by atoms with E-state index in [1.807, 2.05) is 37.0 Å². The van der Waals surface area contributed by atoms with Crippen LogP contribution < -0.4 is 4.90 Å². The number of hydrogen-bond acceptors (Lipinski definition) is 3. The Labute approximate surface area is 107 Å². The van der Waals surface area contributed by atoms with Gasteiger partial charge in [0, 0.05) is 35.1 Å². The van der Waals surface area contributed by atoms with Gasteiger partial charge in [0.25, 0.3) is 0 Å². The minimum absolute atomic E-state index is 0.0225. The molecule has 4 heteroatoms. The van der Waals surface area contributed by atoms with Gasteiger partial charge in [-0.3, -0.25) is 0 Å². The molecule has 0 saturated carbocycles. The van der Waals surface area contributed by atoms with Crippen LogP contribution in [0.4, 0.5) is 5.69 Å². The van der Waals surface area contributed by atoms with Crippen LogP contribution in [0.1, 0.15) is 12.5 Å². The Morgan fingerprint density at radius 3 is 2.75 bits per heavy atom. The molecule has 0 aliphatic heterocycles. The molecule has 16 heavy (non-hydrogen) atoms. The summed E-state index contributed by atoms with van der Waals surface area (Å²) in [5.74, 6) is 1.05. The molecule has 2 nitrogen and oxygen atoms in total. The normalized spacial score (nSPS) is 12.6. The van der Waals surface area contributed by atoms with Crippen molar-refractivity contribution in [2.75, 3.05) is 24.0 Å². The molecular formula is C12H18ClNOS. The number of halogens is 1. The number of nitrogens with zero attached hydrogens (tertiary/aromatic N) is 1. The van der Waals surface area contributed by atoms with Gasteiger partial charge in [-0.2, -0.15) is 11.8 Å². The topological polar surface area (TPSA) is 23.5 Å². The largest absolute Gasteiger partial charge is 0.392 e. The van der Waals surface area contributed by atoms with E-state index in [2.05, 4.69) is 18.1 Å². The van der Waals surface area contributed by atoms with Crippen molar-refractivity contribution in [2.24, 2.45) is 0 Å². The van der Waals surface area contributed by atoms with E-state index < -0.39 is 0 Å². The Bertz CT molecular complexity index is 346. The molecule has 0 spiro atoms. The third kappa shape index (κ3) is 3.06. The van der Waals surface area contributed by atoms with Gasteiger partial charge in [0.1, 0.15) is 0 Å². The van der Waals surface area contributed by atoms with Crippen LogP contribution >= 0.6 is 23.4 Å². The number of rotatable bonds is 5. The summed E-state index contributed by atoms with van der Waals surface area (Å²) in [6.45, 7) is 2.14. The van der Waals surface area contributed by atoms with E-state index in [0.29, 0.717) is 11.1 Å². The zero-order chi connectivity index (χ0) is 12.1. The van der Waals surface area contributed by atoms with Crippen molar-refractivity contribution in [1.29, 1.82) is 0 Å². The molecule has 0 radical (unpaired) electrons. The van der Waals surface area contributed by atoms with Crippen LogP contribution in [0.5, 0.6) is 0 Å². The number of benzene rings is 1. The van der Waals surface area contributed by atoms with Crippen LogP contribution in [0.3, 0.4) is 0 Å². The third-order valence-electron chi connectivity index (χ3n) is 2.70. The molecule has 1 aromatic rings. The average molecular weight is 260 g/mol. The van der Waals surface area contributed by atoms with Crippen molar-refractivity contribution in [3.8, 4) is 0 Å². The molecule has 1 atom stereocenters. The van der Waals surface area contributed by atoms with Crippen molar-refractivity contribution >= 4 is 29.1 Å². The summed E-state index contributed by atoms with van der Waals surface area (Å²) in [6, 6.07) is 6.13. The van der Waals surface area contributed by atoms with E-state index in [1.54, 1.807) is 0 Å². The molecule has 0 heterocycles. The first-order valence-electron chi connectivity index (χ1n) is 5.21. The third-order valence-corrected chi connectivity index (χ3v) is 3.87. The number of aliphatic hydroxyl groups is 1. The SMILES string of the molecule is CSCC(C)N(C)c1cccc(Cl)c1CO. The Balaban J connectivity index is 2.98. The fourth-order valence-corrected chi connectivity index (χ4v) is 2.56. The molecule has 90 valence electrons. The van der Waals surface area contributed by atoms with Gasteiger partial charge in [-0.15, -0.1) is 0 Å². The van der Waals surface area contributed by atoms with Gasteiger partial charge >= 0.3 is 0 Å². The Morgan fingerprint density at radius 1 is 1.50 bits per heavy atom. The highest BCUT2D eigenvalue weighted by Gasteiger charge is 2.14. The van der Waals surface area contributed by atoms with Gasteiger partial charge in [-0.1, -0.05) is 17.7 Å². The van der Waals surface area contributed by atoms with Crippen molar-refractivity contribution in [2.45, 2.75) is 19.6 Å². The van der Waals surface area contributed by atoms with Crippen LogP contribution in [0, 0.1) is 0 Å². The standard InChI is InChI=1S/C12H18ClNOS/c1-9(8-16-3)14(2)12-6-4-5-11(13)10(12)7-15/h4-6,9,15H,7-8H2,1-3H3. The van der Waals surface area contributed by atoms with Gasteiger partial charge in [0.05, 0.1) is 6.61 Å². The summed E-state index contributed by atoms with van der Waals surface area (Å²) in [5, 5.41) is 9.97. The van der Waals surface area contributed by atoms with E-state index in [1.165, 1.54) is 0 Å². The van der Waals surface area contributed by atoms with Crippen molar-refractivity contribution in [3.05, 3.63) is 28.8 Å². The highest BCUT2D eigenvalue weighted by molar-refractivity contribution is 7.98. The van der Waals surface area contributed by atoms with E-state index in [9.17, 15) is 5.11 Å². The van der Waals surface area contributed by atoms with Crippen LogP contribution in [-0.2, 0) is 6.61 Å². The maximum absolute atomic E-state index is 9.34. The molecule has 1 unspecified atom stereocenters. The van der Waals surface area contributed by atoms with E-state index in [-0.39, 0.29) is 6.61 Å². The smallest absolute Gasteiger partial charge is 0.0716 e. The van der Waals surface area contributed by atoms with Gasteiger partial charge in [-0.25, -0.2) is 0 Å². The van der Waals surface area contributed by atoms with Crippen LogP contribution in [0.25, 0.3) is 0 Å². The summed E-state index contributed by atoms with van der Waals surface area (Å²) < 4.78 is 0. The lowest BCUT2D eigenvalue weighted by molar-refractivity contribution is 0.282.